The van der Waals surface area contributed by atoms with Crippen LogP contribution in [0.5, 0.6) is 0 Å². The first kappa shape index (κ1) is 26.1. The van der Waals surface area contributed by atoms with Crippen LogP contribution in [0.25, 0.3) is 11.3 Å². The lowest BCUT2D eigenvalue weighted by Gasteiger charge is -2.32. The molecule has 2 unspecified atom stereocenters. The first-order valence-corrected chi connectivity index (χ1v) is 14.7. The summed E-state index contributed by atoms with van der Waals surface area (Å²) < 4.78 is 40.0. The third-order valence-corrected chi connectivity index (χ3v) is 8.36. The minimum absolute atomic E-state index is 0.0341. The number of carbonyl (C=O) groups excluding carboxylic acids is 1. The number of rotatable bonds is 9. The Hall–Kier alpha value is -3.54. The van der Waals surface area contributed by atoms with Gasteiger partial charge in [0.1, 0.15) is 21.7 Å². The molecule has 5 N–H and O–H groups in total. The van der Waals surface area contributed by atoms with Crippen molar-refractivity contribution in [2.75, 3.05) is 17.3 Å². The molecule has 10 nitrogen and oxygen atoms in total. The highest BCUT2D eigenvalue weighted by molar-refractivity contribution is 7.90. The fourth-order valence-corrected chi connectivity index (χ4v) is 6.06. The monoisotopic (exact) mass is 541 g/mol. The van der Waals surface area contributed by atoms with Gasteiger partial charge in [0.05, 0.1) is 23.7 Å². The van der Waals surface area contributed by atoms with E-state index in [1.54, 1.807) is 17.8 Å². The third-order valence-electron chi connectivity index (χ3n) is 7.43. The zero-order chi connectivity index (χ0) is 27.4. The van der Waals surface area contributed by atoms with Crippen LogP contribution in [0.3, 0.4) is 0 Å². The molecule has 2 saturated carbocycles. The molecule has 0 aromatic carbocycles. The van der Waals surface area contributed by atoms with Crippen LogP contribution in [0.4, 0.5) is 10.2 Å². The summed E-state index contributed by atoms with van der Waals surface area (Å²) in [4.78, 5) is 17.5. The van der Waals surface area contributed by atoms with Crippen LogP contribution in [0, 0.1) is 29.1 Å². The first-order valence-electron chi connectivity index (χ1n) is 12.6. The standard InChI is InChI=1S/C26H32FN7O3S/c1-13(28)21(14(2)29)16-6-7-20(31-25(16)27)32-26(35)24-22(15-4-5-15)17-12-18(17)23(33-24)19-8-9-30-34(19)10-11-38(3,36)37/h6-9,15,17,22,24,28,33H,4-5,10-12,29H2,1-3H3,(H,31,32,35)/b21-14+,28-13?/t17?,22?,24-/m0/s1. The van der Waals surface area contributed by atoms with E-state index in [0.29, 0.717) is 11.6 Å². The van der Waals surface area contributed by atoms with Crippen molar-refractivity contribution in [2.45, 2.75) is 45.7 Å². The maximum atomic E-state index is 14.9. The zero-order valence-corrected chi connectivity index (χ0v) is 22.4. The maximum Gasteiger partial charge on any atom is 0.248 e. The van der Waals surface area contributed by atoms with E-state index in [1.165, 1.54) is 30.9 Å². The minimum Gasteiger partial charge on any atom is -0.402 e. The molecule has 202 valence electrons. The van der Waals surface area contributed by atoms with E-state index in [9.17, 15) is 17.6 Å². The Morgan fingerprint density at radius 3 is 2.63 bits per heavy atom. The topological polar surface area (TPSA) is 156 Å². The number of nitrogens with two attached hydrogens (primary N) is 1. The number of fused-ring (bicyclic) bond motifs is 1. The quantitative estimate of drug-likeness (QED) is 0.281. The van der Waals surface area contributed by atoms with Crippen LogP contribution in [0.15, 0.2) is 35.7 Å². The van der Waals surface area contributed by atoms with Gasteiger partial charge in [-0.1, -0.05) is 0 Å². The van der Waals surface area contributed by atoms with Gasteiger partial charge in [-0.05, 0) is 74.6 Å². The van der Waals surface area contributed by atoms with Gasteiger partial charge in [0.15, 0.2) is 0 Å². The Morgan fingerprint density at radius 2 is 2.03 bits per heavy atom. The number of hydrogen-bond acceptors (Lipinski definition) is 8. The SMILES string of the molecule is CC(=N)/C(=C(/C)N)c1ccc(NC(=O)[C@H]2NC(c3ccnn3CCS(C)(=O)=O)=C3CC3C2C2CC2)nc1F. The van der Waals surface area contributed by atoms with E-state index >= 15 is 0 Å². The number of nitrogens with one attached hydrogen (secondary N) is 3. The summed E-state index contributed by atoms with van der Waals surface area (Å²) in [7, 11) is -3.16. The van der Waals surface area contributed by atoms with E-state index in [1.807, 2.05) is 6.07 Å². The summed E-state index contributed by atoms with van der Waals surface area (Å²) in [5.41, 5.74) is 9.48. The average Bonchev–Trinajstić information content (AvgIpc) is 3.75. The highest BCUT2D eigenvalue weighted by Crippen LogP contribution is 2.58. The molecule has 2 fully saturated rings. The highest BCUT2D eigenvalue weighted by Gasteiger charge is 2.55. The number of nitrogens with zero attached hydrogens (tertiary/aromatic N) is 3. The largest absolute Gasteiger partial charge is 0.402 e. The molecule has 0 bridgehead atoms. The lowest BCUT2D eigenvalue weighted by Crippen LogP contribution is -2.49. The molecular weight excluding hydrogens is 509 g/mol. The Kier molecular flexibility index (Phi) is 6.62. The molecule has 2 aromatic rings. The summed E-state index contributed by atoms with van der Waals surface area (Å²) >= 11 is 0. The second-order valence-electron chi connectivity index (χ2n) is 10.5. The predicted octanol–water partition coefficient (Wildman–Crippen LogP) is 2.56. The van der Waals surface area contributed by atoms with Crippen LogP contribution < -0.4 is 16.4 Å². The Balaban J connectivity index is 1.38. The predicted molar refractivity (Wildman–Crippen MR) is 143 cm³/mol. The van der Waals surface area contributed by atoms with Gasteiger partial charge in [-0.15, -0.1) is 0 Å². The van der Waals surface area contributed by atoms with E-state index in [2.05, 4.69) is 20.7 Å². The molecule has 3 aliphatic rings. The smallest absolute Gasteiger partial charge is 0.248 e. The fourth-order valence-electron chi connectivity index (χ4n) is 5.55. The van der Waals surface area contributed by atoms with Crippen molar-refractivity contribution in [1.29, 1.82) is 5.41 Å². The molecule has 38 heavy (non-hydrogen) atoms. The van der Waals surface area contributed by atoms with Crippen molar-refractivity contribution in [3.05, 3.63) is 52.9 Å². The summed E-state index contributed by atoms with van der Waals surface area (Å²) in [6.45, 7) is 3.34. The van der Waals surface area contributed by atoms with Crippen molar-refractivity contribution in [3.8, 4) is 0 Å². The molecule has 2 aliphatic carbocycles. The zero-order valence-electron chi connectivity index (χ0n) is 21.6. The van der Waals surface area contributed by atoms with Crippen LogP contribution in [-0.4, -0.2) is 52.9 Å². The van der Waals surface area contributed by atoms with E-state index in [0.717, 1.165) is 30.7 Å². The summed E-state index contributed by atoms with van der Waals surface area (Å²) in [6.07, 6.45) is 5.84. The van der Waals surface area contributed by atoms with E-state index in [-0.39, 0.29) is 52.7 Å². The van der Waals surface area contributed by atoms with Crippen LogP contribution in [0.1, 0.15) is 44.4 Å². The lowest BCUT2D eigenvalue weighted by atomic mass is 9.85. The molecule has 0 saturated heterocycles. The Morgan fingerprint density at radius 1 is 1.29 bits per heavy atom. The van der Waals surface area contributed by atoms with Crippen molar-refractivity contribution in [1.82, 2.24) is 20.1 Å². The second kappa shape index (κ2) is 9.64. The number of allylic oxidation sites excluding steroid dienone is 3. The molecule has 1 aliphatic heterocycles. The van der Waals surface area contributed by atoms with Gasteiger partial charge in [0.2, 0.25) is 11.9 Å². The number of sulfone groups is 1. The van der Waals surface area contributed by atoms with Crippen molar-refractivity contribution in [3.63, 3.8) is 0 Å². The molecule has 0 radical (unpaired) electrons. The molecule has 1 amide bonds. The van der Waals surface area contributed by atoms with Crippen molar-refractivity contribution >= 4 is 38.5 Å². The first-order chi connectivity index (χ1) is 17.9. The molecular formula is C26H32FN7O3S. The number of amides is 1. The Labute approximate surface area is 221 Å². The molecule has 0 spiro atoms. The summed E-state index contributed by atoms with van der Waals surface area (Å²) in [6, 6.07) is 4.25. The summed E-state index contributed by atoms with van der Waals surface area (Å²) in [5.74, 6) is -0.232. The second-order valence-corrected chi connectivity index (χ2v) is 12.8. The fraction of sp³-hybridized carbons (Fsp3) is 0.462. The Bertz CT molecular complexity index is 1490. The number of aryl methyl sites for hydroxylation is 1. The number of aromatic nitrogens is 3. The molecule has 12 heteroatoms. The molecule has 3 atom stereocenters. The molecule has 5 rings (SSSR count). The number of pyridine rings is 1. The number of halogens is 1. The minimum atomic E-state index is -3.16. The van der Waals surface area contributed by atoms with Crippen molar-refractivity contribution < 1.29 is 17.6 Å². The van der Waals surface area contributed by atoms with Gasteiger partial charge in [0.25, 0.3) is 0 Å². The highest BCUT2D eigenvalue weighted by atomic mass is 32.2. The van der Waals surface area contributed by atoms with Crippen LogP contribution >= 0.6 is 0 Å². The number of hydrogen-bond donors (Lipinski definition) is 4. The van der Waals surface area contributed by atoms with Crippen LogP contribution in [0.2, 0.25) is 0 Å². The normalized spacial score (nSPS) is 23.3. The number of carbonyl (C=O) groups is 1. The molecule has 3 heterocycles. The number of anilines is 1. The van der Waals surface area contributed by atoms with Gasteiger partial charge in [-0.25, -0.2) is 13.4 Å². The maximum absolute atomic E-state index is 14.9. The van der Waals surface area contributed by atoms with E-state index < -0.39 is 21.8 Å². The van der Waals surface area contributed by atoms with Gasteiger partial charge in [0, 0.05) is 35.0 Å². The van der Waals surface area contributed by atoms with Crippen LogP contribution in [-0.2, 0) is 21.2 Å². The lowest BCUT2D eigenvalue weighted by molar-refractivity contribution is -0.119. The van der Waals surface area contributed by atoms with Gasteiger partial charge >= 0.3 is 0 Å². The van der Waals surface area contributed by atoms with E-state index in [4.69, 9.17) is 11.1 Å². The van der Waals surface area contributed by atoms with Gasteiger partial charge < -0.3 is 21.8 Å². The third kappa shape index (κ3) is 5.22. The van der Waals surface area contributed by atoms with Crippen molar-refractivity contribution in [2.24, 2.45) is 23.5 Å². The van der Waals surface area contributed by atoms with Gasteiger partial charge in [-0.3, -0.25) is 9.48 Å². The average molecular weight is 542 g/mol. The summed E-state index contributed by atoms with van der Waals surface area (Å²) in [5, 5.41) is 18.4. The van der Waals surface area contributed by atoms with Gasteiger partial charge in [-0.2, -0.15) is 9.49 Å². The molecule has 2 aromatic heterocycles.